The van der Waals surface area contributed by atoms with E-state index in [0.717, 1.165) is 41.1 Å². The van der Waals surface area contributed by atoms with Crippen LogP contribution in [0.25, 0.3) is 0 Å². The Hall–Kier alpha value is -1.60. The Kier molecular flexibility index (Phi) is 5.87. The molecule has 5 nitrogen and oxygen atoms in total. The van der Waals surface area contributed by atoms with Crippen LogP contribution >= 0.6 is 23.1 Å². The van der Waals surface area contributed by atoms with Crippen molar-refractivity contribution in [1.29, 1.82) is 0 Å². The number of aromatic nitrogens is 2. The van der Waals surface area contributed by atoms with Crippen molar-refractivity contribution < 1.29 is 4.79 Å². The van der Waals surface area contributed by atoms with Crippen LogP contribution in [0.5, 0.6) is 0 Å². The Morgan fingerprint density at radius 3 is 2.61 bits per heavy atom. The van der Waals surface area contributed by atoms with Crippen LogP contribution in [-0.2, 0) is 4.79 Å². The summed E-state index contributed by atoms with van der Waals surface area (Å²) in [6.07, 6.45) is 4.73. The van der Waals surface area contributed by atoms with Gasteiger partial charge in [0.2, 0.25) is 11.0 Å². The van der Waals surface area contributed by atoms with Crippen LogP contribution in [0.2, 0.25) is 0 Å². The first-order valence-electron chi connectivity index (χ1n) is 7.87. The number of thioether (sulfide) groups is 1. The van der Waals surface area contributed by atoms with E-state index in [2.05, 4.69) is 15.5 Å². The van der Waals surface area contributed by atoms with E-state index in [1.807, 2.05) is 35.2 Å². The van der Waals surface area contributed by atoms with Gasteiger partial charge in [0.1, 0.15) is 0 Å². The molecular formula is C16H20N4OS2. The van der Waals surface area contributed by atoms with Crippen molar-refractivity contribution in [2.24, 2.45) is 0 Å². The maximum absolute atomic E-state index is 12.3. The van der Waals surface area contributed by atoms with Gasteiger partial charge in [-0.2, -0.15) is 0 Å². The van der Waals surface area contributed by atoms with Crippen molar-refractivity contribution >= 4 is 39.8 Å². The average Bonchev–Trinajstić information content (AvgIpc) is 2.84. The number of hydrogen-bond acceptors (Lipinski definition) is 6. The Morgan fingerprint density at radius 2 is 1.87 bits per heavy atom. The molecule has 23 heavy (non-hydrogen) atoms. The van der Waals surface area contributed by atoms with Crippen molar-refractivity contribution in [3.63, 3.8) is 0 Å². The highest BCUT2D eigenvalue weighted by atomic mass is 32.2. The first-order chi connectivity index (χ1) is 11.3. The molecular weight excluding hydrogens is 328 g/mol. The average molecular weight is 348 g/mol. The molecule has 1 aromatic carbocycles. The Bertz CT molecular complexity index is 624. The molecule has 0 bridgehead atoms. The molecule has 3 rings (SSSR count). The van der Waals surface area contributed by atoms with Crippen molar-refractivity contribution in [2.45, 2.75) is 30.0 Å². The van der Waals surface area contributed by atoms with Gasteiger partial charge in [0.05, 0.1) is 5.75 Å². The minimum atomic E-state index is 0.213. The van der Waals surface area contributed by atoms with Gasteiger partial charge in [-0.1, -0.05) is 54.1 Å². The fourth-order valence-corrected chi connectivity index (χ4v) is 4.17. The largest absolute Gasteiger partial charge is 0.342 e. The van der Waals surface area contributed by atoms with Crippen LogP contribution in [-0.4, -0.2) is 39.8 Å². The predicted octanol–water partition coefficient (Wildman–Crippen LogP) is 3.78. The number of benzene rings is 1. The molecule has 0 saturated carbocycles. The molecule has 1 fully saturated rings. The summed E-state index contributed by atoms with van der Waals surface area (Å²) in [4.78, 5) is 14.3. The summed E-state index contributed by atoms with van der Waals surface area (Å²) in [6, 6.07) is 9.88. The number of hydrogen-bond donors (Lipinski definition) is 1. The summed E-state index contributed by atoms with van der Waals surface area (Å²) in [5.74, 6) is 0.657. The van der Waals surface area contributed by atoms with Gasteiger partial charge in [0.15, 0.2) is 4.34 Å². The number of amides is 1. The molecule has 1 N–H and O–H groups in total. The maximum atomic E-state index is 12.3. The van der Waals surface area contributed by atoms with E-state index in [0.29, 0.717) is 5.75 Å². The van der Waals surface area contributed by atoms with Gasteiger partial charge in [-0.25, -0.2) is 0 Å². The summed E-state index contributed by atoms with van der Waals surface area (Å²) >= 11 is 2.95. The number of nitrogens with one attached hydrogen (secondary N) is 1. The van der Waals surface area contributed by atoms with Crippen molar-refractivity contribution in [3.05, 3.63) is 30.3 Å². The zero-order valence-electron chi connectivity index (χ0n) is 12.9. The quantitative estimate of drug-likeness (QED) is 0.834. The monoisotopic (exact) mass is 348 g/mol. The third-order valence-corrected chi connectivity index (χ3v) is 5.67. The van der Waals surface area contributed by atoms with E-state index in [4.69, 9.17) is 0 Å². The van der Waals surface area contributed by atoms with E-state index >= 15 is 0 Å². The first kappa shape index (κ1) is 16.3. The molecule has 1 saturated heterocycles. The third kappa shape index (κ3) is 4.94. The molecule has 122 valence electrons. The van der Waals surface area contributed by atoms with Crippen LogP contribution in [0.3, 0.4) is 0 Å². The molecule has 0 spiro atoms. The highest BCUT2D eigenvalue weighted by Gasteiger charge is 2.16. The molecule has 1 aromatic heterocycles. The third-order valence-electron chi connectivity index (χ3n) is 3.71. The molecule has 2 aromatic rings. The van der Waals surface area contributed by atoms with Crippen LogP contribution in [0.4, 0.5) is 10.8 Å². The highest BCUT2D eigenvalue weighted by Crippen LogP contribution is 2.27. The summed E-state index contributed by atoms with van der Waals surface area (Å²) in [5, 5.41) is 12.2. The van der Waals surface area contributed by atoms with Crippen molar-refractivity contribution in [2.75, 3.05) is 24.2 Å². The van der Waals surface area contributed by atoms with Crippen LogP contribution in [0.15, 0.2) is 34.7 Å². The van der Waals surface area contributed by atoms with Gasteiger partial charge >= 0.3 is 0 Å². The SMILES string of the molecule is O=C(CSc1nnc(Nc2ccccc2)s1)N1CCCCCC1. The standard InChI is InChI=1S/C16H20N4OS2/c21-14(20-10-6-1-2-7-11-20)12-22-16-19-18-15(23-16)17-13-8-4-3-5-9-13/h3-5,8-9H,1-2,6-7,10-12H2,(H,17,18). The lowest BCUT2D eigenvalue weighted by Crippen LogP contribution is -2.33. The normalized spacial score (nSPS) is 15.2. The number of anilines is 2. The molecule has 0 radical (unpaired) electrons. The second kappa shape index (κ2) is 8.31. The fraction of sp³-hybridized carbons (Fsp3) is 0.438. The minimum absolute atomic E-state index is 0.213. The minimum Gasteiger partial charge on any atom is -0.342 e. The van der Waals surface area contributed by atoms with Crippen LogP contribution in [0, 0.1) is 0 Å². The maximum Gasteiger partial charge on any atom is 0.233 e. The molecule has 7 heteroatoms. The van der Waals surface area contributed by atoms with Gasteiger partial charge in [0, 0.05) is 18.8 Å². The zero-order valence-corrected chi connectivity index (χ0v) is 14.5. The lowest BCUT2D eigenvalue weighted by molar-refractivity contribution is -0.128. The van der Waals surface area contributed by atoms with E-state index in [1.54, 1.807) is 0 Å². The number of carbonyl (C=O) groups is 1. The zero-order chi connectivity index (χ0) is 15.9. The molecule has 1 aliphatic heterocycles. The Balaban J connectivity index is 1.49. The molecule has 1 aliphatic rings. The molecule has 0 aliphatic carbocycles. The second-order valence-corrected chi connectivity index (χ2v) is 7.65. The molecule has 0 atom stereocenters. The smallest absolute Gasteiger partial charge is 0.233 e. The van der Waals surface area contributed by atoms with E-state index in [1.165, 1.54) is 35.9 Å². The van der Waals surface area contributed by atoms with Gasteiger partial charge in [-0.05, 0) is 25.0 Å². The van der Waals surface area contributed by atoms with Crippen LogP contribution in [0.1, 0.15) is 25.7 Å². The van der Waals surface area contributed by atoms with Gasteiger partial charge < -0.3 is 10.2 Å². The van der Waals surface area contributed by atoms with E-state index in [9.17, 15) is 4.79 Å². The summed E-state index contributed by atoms with van der Waals surface area (Å²) in [7, 11) is 0. The second-order valence-electron chi connectivity index (χ2n) is 5.45. The summed E-state index contributed by atoms with van der Waals surface area (Å²) < 4.78 is 0.826. The fourth-order valence-electron chi connectivity index (χ4n) is 2.50. The molecule has 2 heterocycles. The van der Waals surface area contributed by atoms with Crippen molar-refractivity contribution in [3.8, 4) is 0 Å². The van der Waals surface area contributed by atoms with Crippen molar-refractivity contribution in [1.82, 2.24) is 15.1 Å². The van der Waals surface area contributed by atoms with Crippen LogP contribution < -0.4 is 5.32 Å². The summed E-state index contributed by atoms with van der Waals surface area (Å²) in [6.45, 7) is 1.80. The molecule has 1 amide bonds. The number of nitrogens with zero attached hydrogens (tertiary/aromatic N) is 3. The van der Waals surface area contributed by atoms with Gasteiger partial charge in [-0.3, -0.25) is 4.79 Å². The lowest BCUT2D eigenvalue weighted by Gasteiger charge is -2.19. The lowest BCUT2D eigenvalue weighted by atomic mass is 10.2. The van der Waals surface area contributed by atoms with E-state index < -0.39 is 0 Å². The topological polar surface area (TPSA) is 58.1 Å². The number of carbonyl (C=O) groups excluding carboxylic acids is 1. The Labute approximate surface area is 144 Å². The highest BCUT2D eigenvalue weighted by molar-refractivity contribution is 8.01. The van der Waals surface area contributed by atoms with Gasteiger partial charge in [0.25, 0.3) is 0 Å². The summed E-state index contributed by atoms with van der Waals surface area (Å²) in [5.41, 5.74) is 0.987. The molecule has 0 unspecified atom stereocenters. The number of para-hydroxylation sites is 1. The van der Waals surface area contributed by atoms with E-state index in [-0.39, 0.29) is 5.91 Å². The Morgan fingerprint density at radius 1 is 1.13 bits per heavy atom. The predicted molar refractivity (Wildman–Crippen MR) is 95.4 cm³/mol. The first-order valence-corrected chi connectivity index (χ1v) is 9.67. The van der Waals surface area contributed by atoms with Gasteiger partial charge in [-0.15, -0.1) is 10.2 Å². The number of likely N-dealkylation sites (tertiary alicyclic amines) is 1. The number of rotatable bonds is 5.